The van der Waals surface area contributed by atoms with Gasteiger partial charge < -0.3 is 4.90 Å². The van der Waals surface area contributed by atoms with Crippen LogP contribution in [-0.4, -0.2) is 38.0 Å². The summed E-state index contributed by atoms with van der Waals surface area (Å²) in [5.74, 6) is 1.49. The van der Waals surface area contributed by atoms with E-state index < -0.39 is 10.2 Å². The molecule has 3 N–H and O–H groups in total. The van der Waals surface area contributed by atoms with Crippen LogP contribution in [0.5, 0.6) is 0 Å². The molecule has 1 aliphatic rings. The first-order chi connectivity index (χ1) is 12.3. The Morgan fingerprint density at radius 1 is 1.19 bits per heavy atom. The molecule has 1 aliphatic heterocycles. The van der Waals surface area contributed by atoms with Crippen molar-refractivity contribution in [2.24, 2.45) is 11.1 Å². The highest BCUT2D eigenvalue weighted by molar-refractivity contribution is 7.87. The lowest BCUT2D eigenvalue weighted by Crippen LogP contribution is -2.32. The Kier molecular flexibility index (Phi) is 5.74. The van der Waals surface area contributed by atoms with E-state index in [9.17, 15) is 8.42 Å². The topological polar surface area (TPSA) is 101 Å². The van der Waals surface area contributed by atoms with Gasteiger partial charge >= 0.3 is 0 Å². The Labute approximate surface area is 155 Å². The quantitative estimate of drug-likeness (QED) is 0.830. The van der Waals surface area contributed by atoms with Crippen LogP contribution in [0.2, 0.25) is 0 Å². The molecule has 26 heavy (non-hydrogen) atoms. The van der Waals surface area contributed by atoms with Crippen LogP contribution in [0.4, 0.5) is 5.82 Å². The fraction of sp³-hybridized carbons (Fsp3) is 0.556. The smallest absolute Gasteiger partial charge is 0.274 e. The number of hydrogen-bond acceptors (Lipinski definition) is 5. The maximum atomic E-state index is 11.0. The Morgan fingerprint density at radius 2 is 1.96 bits per heavy atom. The van der Waals surface area contributed by atoms with Gasteiger partial charge in [-0.2, -0.15) is 8.42 Å². The number of hydrogen-bond donors (Lipinski definition) is 2. The van der Waals surface area contributed by atoms with Gasteiger partial charge in [-0.25, -0.2) is 19.8 Å². The van der Waals surface area contributed by atoms with Gasteiger partial charge in [-0.3, -0.25) is 0 Å². The predicted octanol–water partition coefficient (Wildman–Crippen LogP) is 2.04. The van der Waals surface area contributed by atoms with E-state index in [-0.39, 0.29) is 0 Å². The van der Waals surface area contributed by atoms with Crippen molar-refractivity contribution in [3.8, 4) is 0 Å². The van der Waals surface area contributed by atoms with Crippen molar-refractivity contribution < 1.29 is 8.42 Å². The van der Waals surface area contributed by atoms with E-state index in [4.69, 9.17) is 5.14 Å². The maximum absolute atomic E-state index is 11.0. The van der Waals surface area contributed by atoms with Gasteiger partial charge in [0.25, 0.3) is 10.2 Å². The van der Waals surface area contributed by atoms with Gasteiger partial charge in [0, 0.05) is 25.0 Å². The zero-order chi connectivity index (χ0) is 18.7. The summed E-state index contributed by atoms with van der Waals surface area (Å²) in [7, 11) is -3.60. The molecule has 1 aromatic heterocycles. The van der Waals surface area contributed by atoms with Gasteiger partial charge in [-0.1, -0.05) is 0 Å². The maximum Gasteiger partial charge on any atom is 0.274 e. The van der Waals surface area contributed by atoms with Crippen molar-refractivity contribution in [1.82, 2.24) is 14.7 Å². The molecule has 3 rings (SSSR count). The molecule has 0 bridgehead atoms. The van der Waals surface area contributed by atoms with Gasteiger partial charge in [0.15, 0.2) is 0 Å². The Balaban J connectivity index is 1.71. The molecule has 0 aliphatic carbocycles. The summed E-state index contributed by atoms with van der Waals surface area (Å²) in [6, 6.07) is 4.30. The highest BCUT2D eigenvalue weighted by Gasteiger charge is 2.20. The van der Waals surface area contributed by atoms with E-state index in [1.165, 1.54) is 11.1 Å². The Morgan fingerprint density at radius 3 is 2.73 bits per heavy atom. The third kappa shape index (κ3) is 4.69. The summed E-state index contributed by atoms with van der Waals surface area (Å²) >= 11 is 0. The fourth-order valence-electron chi connectivity index (χ4n) is 3.63. The molecule has 1 atom stereocenters. The van der Waals surface area contributed by atoms with Crippen LogP contribution in [-0.2, 0) is 10.2 Å². The van der Waals surface area contributed by atoms with Crippen molar-refractivity contribution in [1.29, 1.82) is 0 Å². The highest BCUT2D eigenvalue weighted by atomic mass is 32.2. The molecule has 0 saturated carbocycles. The number of aryl methyl sites for hydroxylation is 2. The van der Waals surface area contributed by atoms with E-state index in [1.54, 1.807) is 6.33 Å². The number of aromatic nitrogens is 2. The summed E-state index contributed by atoms with van der Waals surface area (Å²) in [6.45, 7) is 6.49. The summed E-state index contributed by atoms with van der Waals surface area (Å²) in [5.41, 5.74) is 3.46. The van der Waals surface area contributed by atoms with E-state index in [0.717, 1.165) is 55.5 Å². The number of anilines is 1. The molecule has 142 valence electrons. The highest BCUT2D eigenvalue weighted by Crippen LogP contribution is 2.29. The molecule has 0 amide bonds. The van der Waals surface area contributed by atoms with Crippen LogP contribution >= 0.6 is 0 Å². The molecule has 0 radical (unpaired) electrons. The van der Waals surface area contributed by atoms with Crippen LogP contribution in [0, 0.1) is 19.8 Å². The summed E-state index contributed by atoms with van der Waals surface area (Å²) in [4.78, 5) is 11.3. The third-order valence-electron chi connectivity index (χ3n) is 5.23. The molecule has 1 aromatic carbocycles. The molecule has 8 heteroatoms. The Bertz CT molecular complexity index is 885. The second kappa shape index (κ2) is 7.85. The average molecular weight is 378 g/mol. The summed E-state index contributed by atoms with van der Waals surface area (Å²) < 4.78 is 24.4. The first-order valence-electron chi connectivity index (χ1n) is 9.08. The zero-order valence-electron chi connectivity index (χ0n) is 15.4. The monoisotopic (exact) mass is 377 g/mol. The van der Waals surface area contributed by atoms with E-state index >= 15 is 0 Å². The van der Waals surface area contributed by atoms with Crippen LogP contribution in [0.25, 0.3) is 10.9 Å². The molecule has 1 saturated heterocycles. The number of fused-ring (bicyclic) bond motifs is 1. The molecular formula is C18H27N5O2S. The number of nitrogens with two attached hydrogens (primary N) is 1. The van der Waals surface area contributed by atoms with Crippen molar-refractivity contribution in [2.75, 3.05) is 24.5 Å². The molecule has 0 spiro atoms. The predicted molar refractivity (Wildman–Crippen MR) is 104 cm³/mol. The van der Waals surface area contributed by atoms with Crippen LogP contribution in [0.1, 0.15) is 36.8 Å². The largest absolute Gasteiger partial charge is 0.356 e. The minimum atomic E-state index is -3.60. The minimum Gasteiger partial charge on any atom is -0.356 e. The lowest BCUT2D eigenvalue weighted by atomic mass is 9.97. The summed E-state index contributed by atoms with van der Waals surface area (Å²) in [6.07, 6.45) is 5.63. The molecule has 7 nitrogen and oxygen atoms in total. The Hall–Kier alpha value is -1.77. The van der Waals surface area contributed by atoms with Gasteiger partial charge in [0.1, 0.15) is 12.1 Å². The molecule has 1 fully saturated rings. The lowest BCUT2D eigenvalue weighted by molar-refractivity contribution is 0.438. The van der Waals surface area contributed by atoms with Gasteiger partial charge in [-0.15, -0.1) is 0 Å². The standard InChI is InChI=1S/C18H27N5O2S/c1-13-10-16-17(11-14(13)2)20-12-21-18(16)23-8-3-4-15(6-9-23)5-7-22-26(19,24)25/h10-12,15,22H,3-9H2,1-2H3,(H2,19,24,25). The number of nitrogens with zero attached hydrogens (tertiary/aromatic N) is 3. The number of nitrogens with one attached hydrogen (secondary N) is 1. The third-order valence-corrected chi connectivity index (χ3v) is 5.84. The average Bonchev–Trinajstić information content (AvgIpc) is 2.80. The van der Waals surface area contributed by atoms with Crippen molar-refractivity contribution >= 4 is 26.9 Å². The van der Waals surface area contributed by atoms with E-state index in [2.05, 4.69) is 45.6 Å². The fourth-order valence-corrected chi connectivity index (χ4v) is 4.03. The second-order valence-electron chi connectivity index (χ2n) is 7.16. The summed E-state index contributed by atoms with van der Waals surface area (Å²) in [5, 5.41) is 6.10. The molecule has 2 heterocycles. The van der Waals surface area contributed by atoms with Gasteiger partial charge in [0.2, 0.25) is 0 Å². The molecular weight excluding hydrogens is 350 g/mol. The molecule has 1 unspecified atom stereocenters. The number of rotatable bonds is 5. The lowest BCUT2D eigenvalue weighted by Gasteiger charge is -2.23. The molecule has 2 aromatic rings. The number of benzene rings is 1. The van der Waals surface area contributed by atoms with Crippen molar-refractivity contribution in [3.05, 3.63) is 29.6 Å². The minimum absolute atomic E-state index is 0.401. The van der Waals surface area contributed by atoms with E-state index in [0.29, 0.717) is 12.5 Å². The SMILES string of the molecule is Cc1cc2ncnc(N3CCCC(CCNS(N)(=O)=O)CC3)c2cc1C. The van der Waals surface area contributed by atoms with Gasteiger partial charge in [0.05, 0.1) is 5.52 Å². The first-order valence-corrected chi connectivity index (χ1v) is 10.6. The second-order valence-corrected chi connectivity index (χ2v) is 8.54. The normalized spacial score (nSPS) is 18.9. The van der Waals surface area contributed by atoms with Crippen LogP contribution in [0.15, 0.2) is 18.5 Å². The van der Waals surface area contributed by atoms with Crippen molar-refractivity contribution in [2.45, 2.75) is 39.5 Å². The zero-order valence-corrected chi connectivity index (χ0v) is 16.2. The van der Waals surface area contributed by atoms with Crippen LogP contribution in [0.3, 0.4) is 0 Å². The van der Waals surface area contributed by atoms with Crippen molar-refractivity contribution in [3.63, 3.8) is 0 Å². The first kappa shape index (κ1) is 19.0. The van der Waals surface area contributed by atoms with Gasteiger partial charge in [-0.05, 0) is 68.7 Å². The van der Waals surface area contributed by atoms with Crippen LogP contribution < -0.4 is 14.8 Å². The van der Waals surface area contributed by atoms with E-state index in [1.807, 2.05) is 0 Å².